The number of ether oxygens (including phenoxy) is 3. The lowest BCUT2D eigenvalue weighted by atomic mass is 9.73. The third-order valence-electron chi connectivity index (χ3n) is 7.18. The molecule has 2 aromatic carbocycles. The normalized spacial score (nSPS) is 26.0. The van der Waals surface area contributed by atoms with E-state index in [1.54, 1.807) is 6.07 Å². The first-order chi connectivity index (χ1) is 15.5. The zero-order chi connectivity index (χ0) is 22.3. The zero-order valence-corrected chi connectivity index (χ0v) is 18.8. The summed E-state index contributed by atoms with van der Waals surface area (Å²) in [5.41, 5.74) is 2.14. The van der Waals surface area contributed by atoms with Crippen molar-refractivity contribution in [3.63, 3.8) is 0 Å². The zero-order valence-electron chi connectivity index (χ0n) is 18.0. The maximum absolute atomic E-state index is 12.2. The molecule has 32 heavy (non-hydrogen) atoms. The molecule has 0 radical (unpaired) electrons. The van der Waals surface area contributed by atoms with Gasteiger partial charge in [0.05, 0.1) is 37.0 Å². The quantitative estimate of drug-likeness (QED) is 0.506. The van der Waals surface area contributed by atoms with E-state index in [1.165, 1.54) is 7.11 Å². The molecule has 0 N–H and O–H groups in total. The number of hydrogen-bond acceptors (Lipinski definition) is 6. The molecule has 1 aliphatic carbocycles. The Bertz CT molecular complexity index is 1060. The maximum atomic E-state index is 12.2. The van der Waals surface area contributed by atoms with E-state index < -0.39 is 0 Å². The van der Waals surface area contributed by atoms with Crippen LogP contribution in [0.15, 0.2) is 36.4 Å². The van der Waals surface area contributed by atoms with E-state index in [2.05, 4.69) is 4.90 Å². The van der Waals surface area contributed by atoms with Crippen LogP contribution in [0.1, 0.15) is 35.2 Å². The van der Waals surface area contributed by atoms with E-state index in [0.29, 0.717) is 36.3 Å². The number of anilines is 1. The van der Waals surface area contributed by atoms with E-state index in [9.17, 15) is 9.59 Å². The molecule has 0 amide bonds. The van der Waals surface area contributed by atoms with Gasteiger partial charge in [0.25, 0.3) is 0 Å². The highest BCUT2D eigenvalue weighted by Crippen LogP contribution is 2.46. The third-order valence-corrected chi connectivity index (χ3v) is 7.41. The summed E-state index contributed by atoms with van der Waals surface area (Å²) < 4.78 is 17.2. The number of methoxy groups -OCH3 is 1. The van der Waals surface area contributed by atoms with Gasteiger partial charge in [0, 0.05) is 29.6 Å². The van der Waals surface area contributed by atoms with Crippen LogP contribution in [0.4, 0.5) is 5.69 Å². The minimum absolute atomic E-state index is 0.0862. The number of carbonyl (C=O) groups excluding carboxylic acids is 2. The lowest BCUT2D eigenvalue weighted by Gasteiger charge is -2.43. The number of halogens is 1. The van der Waals surface area contributed by atoms with Crippen LogP contribution in [0.25, 0.3) is 0 Å². The summed E-state index contributed by atoms with van der Waals surface area (Å²) in [6, 6.07) is 11.2. The van der Waals surface area contributed by atoms with Crippen molar-refractivity contribution in [3.8, 4) is 11.5 Å². The smallest absolute Gasteiger partial charge is 0.337 e. The third kappa shape index (κ3) is 3.60. The summed E-state index contributed by atoms with van der Waals surface area (Å²) in [6.07, 6.45) is 3.84. The van der Waals surface area contributed by atoms with Crippen LogP contribution >= 0.6 is 11.6 Å². The predicted molar refractivity (Wildman–Crippen MR) is 121 cm³/mol. The van der Waals surface area contributed by atoms with Crippen LogP contribution in [0.5, 0.6) is 11.5 Å². The van der Waals surface area contributed by atoms with Crippen molar-refractivity contribution in [1.29, 1.82) is 0 Å². The van der Waals surface area contributed by atoms with Crippen LogP contribution in [0.2, 0.25) is 5.02 Å². The molecule has 2 aliphatic heterocycles. The molecule has 0 aromatic heterocycles. The van der Waals surface area contributed by atoms with Gasteiger partial charge in [-0.3, -0.25) is 0 Å². The molecule has 1 fully saturated rings. The van der Waals surface area contributed by atoms with Gasteiger partial charge in [0.1, 0.15) is 17.8 Å². The number of benzene rings is 2. The predicted octanol–water partition coefficient (Wildman–Crippen LogP) is 4.27. The highest BCUT2D eigenvalue weighted by atomic mass is 35.5. The first kappa shape index (κ1) is 21.1. The second kappa shape index (κ2) is 8.32. The highest BCUT2D eigenvalue weighted by molar-refractivity contribution is 6.30. The van der Waals surface area contributed by atoms with Gasteiger partial charge in [-0.2, -0.15) is 0 Å². The first-order valence-corrected chi connectivity index (χ1v) is 11.4. The molecule has 1 saturated carbocycles. The highest BCUT2D eigenvalue weighted by Gasteiger charge is 2.44. The number of hydrogen-bond donors (Lipinski definition) is 0. The van der Waals surface area contributed by atoms with E-state index in [0.717, 1.165) is 54.8 Å². The second-order valence-corrected chi connectivity index (χ2v) is 9.44. The Hall–Kier alpha value is -2.73. The van der Waals surface area contributed by atoms with Gasteiger partial charge in [-0.25, -0.2) is 4.79 Å². The van der Waals surface area contributed by atoms with Crippen LogP contribution in [0, 0.1) is 11.8 Å². The van der Waals surface area contributed by atoms with E-state index in [1.807, 2.05) is 30.3 Å². The van der Waals surface area contributed by atoms with Gasteiger partial charge < -0.3 is 23.9 Å². The average molecular weight is 456 g/mol. The molecule has 0 bridgehead atoms. The fraction of sp³-hybridized carbons (Fsp3) is 0.440. The van der Waals surface area contributed by atoms with Crippen molar-refractivity contribution in [2.24, 2.45) is 11.8 Å². The Balaban J connectivity index is 1.56. The Morgan fingerprint density at radius 3 is 2.84 bits per heavy atom. The van der Waals surface area contributed by atoms with Gasteiger partial charge in [-0.15, -0.1) is 0 Å². The Labute approximate surface area is 192 Å². The fourth-order valence-corrected chi connectivity index (χ4v) is 5.31. The largest absolute Gasteiger partial charge is 0.493 e. The fourth-order valence-electron chi connectivity index (χ4n) is 5.15. The number of nitrogens with zero attached hydrogens (tertiary/aromatic N) is 1. The van der Waals surface area contributed by atoms with Crippen LogP contribution in [-0.4, -0.2) is 45.7 Å². The molecule has 168 valence electrons. The molecule has 2 aromatic rings. The van der Waals surface area contributed by atoms with E-state index in [-0.39, 0.29) is 17.3 Å². The van der Waals surface area contributed by atoms with Gasteiger partial charge in [-0.05, 0) is 55.5 Å². The maximum Gasteiger partial charge on any atom is 0.337 e. The number of carbonyl (C=O) groups is 2. The second-order valence-electron chi connectivity index (χ2n) is 9.00. The molecule has 3 aliphatic rings. The van der Waals surface area contributed by atoms with Gasteiger partial charge in [-0.1, -0.05) is 17.7 Å². The molecule has 0 unspecified atom stereocenters. The summed E-state index contributed by atoms with van der Waals surface area (Å²) in [4.78, 5) is 26.0. The summed E-state index contributed by atoms with van der Waals surface area (Å²) >= 11 is 6.23. The van der Waals surface area contributed by atoms with Gasteiger partial charge >= 0.3 is 5.97 Å². The van der Waals surface area contributed by atoms with Crippen LogP contribution in [-0.2, 0) is 14.9 Å². The van der Waals surface area contributed by atoms with Crippen LogP contribution in [0.3, 0.4) is 0 Å². The van der Waals surface area contributed by atoms with Crippen LogP contribution < -0.4 is 14.4 Å². The number of fused-ring (bicyclic) bond motifs is 3. The number of aldehydes is 1. The lowest BCUT2D eigenvalue weighted by molar-refractivity contribution is -0.115. The van der Waals surface area contributed by atoms with Gasteiger partial charge in [0.2, 0.25) is 0 Å². The van der Waals surface area contributed by atoms with E-state index in [4.69, 9.17) is 25.8 Å². The standard InChI is InChI=1S/C25H26ClNO5/c1-30-24(29)16-4-7-22-21(10-16)27(12-17-2-3-18(17)13-28)14-25(15-32-22)8-9-31-23-11-19(26)5-6-20(23)25/h4-7,10-11,13,17-18H,2-3,8-9,12,14-15H2,1H3/t17-,18-,25-/m0/s1. The Morgan fingerprint density at radius 1 is 1.22 bits per heavy atom. The topological polar surface area (TPSA) is 65.1 Å². The minimum atomic E-state index is -0.382. The number of rotatable bonds is 4. The summed E-state index contributed by atoms with van der Waals surface area (Å²) in [7, 11) is 1.38. The molecule has 5 rings (SSSR count). The van der Waals surface area contributed by atoms with Crippen molar-refractivity contribution in [2.75, 3.05) is 38.3 Å². The molecular formula is C25H26ClNO5. The van der Waals surface area contributed by atoms with Crippen molar-refractivity contribution >= 4 is 29.5 Å². The Kier molecular flexibility index (Phi) is 5.49. The SMILES string of the molecule is COC(=O)c1ccc2c(c1)N(C[C@@H]1CC[C@H]1C=O)C[C@@]1(CCOc3cc(Cl)ccc31)CO2. The van der Waals surface area contributed by atoms with Crippen molar-refractivity contribution < 1.29 is 23.8 Å². The molecule has 2 heterocycles. The molecular weight excluding hydrogens is 430 g/mol. The lowest BCUT2D eigenvalue weighted by Crippen LogP contribution is -2.49. The van der Waals surface area contributed by atoms with Gasteiger partial charge in [0.15, 0.2) is 0 Å². The van der Waals surface area contributed by atoms with Crippen molar-refractivity contribution in [1.82, 2.24) is 0 Å². The Morgan fingerprint density at radius 2 is 2.09 bits per heavy atom. The van der Waals surface area contributed by atoms with Crippen molar-refractivity contribution in [2.45, 2.75) is 24.7 Å². The molecule has 1 spiro atoms. The van der Waals surface area contributed by atoms with E-state index >= 15 is 0 Å². The first-order valence-electron chi connectivity index (χ1n) is 11.0. The molecule has 7 heteroatoms. The summed E-state index contributed by atoms with van der Waals surface area (Å²) in [5.74, 6) is 1.53. The van der Waals surface area contributed by atoms with Crippen molar-refractivity contribution in [3.05, 3.63) is 52.5 Å². The minimum Gasteiger partial charge on any atom is -0.493 e. The monoisotopic (exact) mass is 455 g/mol. The molecule has 0 saturated heterocycles. The molecule has 6 nitrogen and oxygen atoms in total. The number of esters is 1. The summed E-state index contributed by atoms with van der Waals surface area (Å²) in [5, 5.41) is 0.640. The molecule has 3 atom stereocenters. The summed E-state index contributed by atoms with van der Waals surface area (Å²) in [6.45, 7) is 2.50. The average Bonchev–Trinajstić information content (AvgIpc) is 2.93.